The Labute approximate surface area is 125 Å². The van der Waals surface area contributed by atoms with Gasteiger partial charge in [-0.15, -0.1) is 18.3 Å². The summed E-state index contributed by atoms with van der Waals surface area (Å²) in [5.41, 5.74) is 0. The van der Waals surface area contributed by atoms with Gasteiger partial charge in [-0.2, -0.15) is 0 Å². The Kier molecular flexibility index (Phi) is 5.32. The van der Waals surface area contributed by atoms with Gasteiger partial charge in [-0.25, -0.2) is 0 Å². The summed E-state index contributed by atoms with van der Waals surface area (Å²) in [6, 6.07) is 10.9. The van der Waals surface area contributed by atoms with E-state index in [4.69, 9.17) is 0 Å². The first-order chi connectivity index (χ1) is 8.64. The fraction of sp³-hybridized carbons (Fsp3) is 0.500. The summed E-state index contributed by atoms with van der Waals surface area (Å²) in [4.78, 5) is 1.41. The molecular formula is C16H28SSi2. The standard InChI is InChI=1S/C16H28SSi2/c1-8-14-16(18(2,3)4,19(5,6)7)17-15-12-10-9-11-13-15/h8-13H,1,14H2,2-7H3. The van der Waals surface area contributed by atoms with Gasteiger partial charge in [0.25, 0.3) is 0 Å². The van der Waals surface area contributed by atoms with Gasteiger partial charge in [0, 0.05) is 8.89 Å². The van der Waals surface area contributed by atoms with Crippen LogP contribution in [0.3, 0.4) is 0 Å². The molecule has 106 valence electrons. The molecule has 0 aliphatic rings. The highest BCUT2D eigenvalue weighted by molar-refractivity contribution is 8.04. The van der Waals surface area contributed by atoms with Crippen LogP contribution in [0.4, 0.5) is 0 Å². The molecular weight excluding hydrogens is 280 g/mol. The van der Waals surface area contributed by atoms with Gasteiger partial charge in [0.1, 0.15) is 0 Å². The monoisotopic (exact) mass is 308 g/mol. The van der Waals surface area contributed by atoms with Gasteiger partial charge in [0.05, 0.1) is 16.1 Å². The van der Waals surface area contributed by atoms with Crippen LogP contribution < -0.4 is 0 Å². The SMILES string of the molecule is C=CCC(Sc1ccccc1)([Si](C)(C)C)[Si](C)(C)C. The number of hydrogen-bond acceptors (Lipinski definition) is 1. The minimum absolute atomic E-state index is 0.406. The highest BCUT2D eigenvalue weighted by atomic mass is 32.2. The van der Waals surface area contributed by atoms with E-state index in [0.717, 1.165) is 6.42 Å². The molecule has 0 radical (unpaired) electrons. The van der Waals surface area contributed by atoms with E-state index in [1.54, 1.807) is 0 Å². The summed E-state index contributed by atoms with van der Waals surface area (Å²) in [5.74, 6) is 0. The second-order valence-corrected chi connectivity index (χ2v) is 20.5. The molecule has 0 saturated carbocycles. The second kappa shape index (κ2) is 6.02. The average molecular weight is 309 g/mol. The van der Waals surface area contributed by atoms with E-state index in [0.29, 0.717) is 3.99 Å². The Hall–Kier alpha value is -0.256. The van der Waals surface area contributed by atoms with Crippen LogP contribution in [0.25, 0.3) is 0 Å². The lowest BCUT2D eigenvalue weighted by Crippen LogP contribution is -2.63. The second-order valence-electron chi connectivity index (χ2n) is 7.23. The van der Waals surface area contributed by atoms with Crippen LogP contribution in [0, 0.1) is 0 Å². The number of rotatable bonds is 6. The maximum Gasteiger partial charge on any atom is 0.0600 e. The molecule has 19 heavy (non-hydrogen) atoms. The Morgan fingerprint density at radius 1 is 1.00 bits per heavy atom. The largest absolute Gasteiger partial charge is 0.125 e. The zero-order valence-electron chi connectivity index (χ0n) is 13.3. The summed E-state index contributed by atoms with van der Waals surface area (Å²) < 4.78 is 0.406. The van der Waals surface area contributed by atoms with Gasteiger partial charge < -0.3 is 0 Å². The van der Waals surface area contributed by atoms with Crippen molar-refractivity contribution in [3.63, 3.8) is 0 Å². The Balaban J connectivity index is 3.29. The molecule has 0 fully saturated rings. The van der Waals surface area contributed by atoms with Gasteiger partial charge in [0.15, 0.2) is 0 Å². The first kappa shape index (κ1) is 16.8. The lowest BCUT2D eigenvalue weighted by atomic mass is 10.4. The summed E-state index contributed by atoms with van der Waals surface area (Å²) in [6.45, 7) is 19.2. The third kappa shape index (κ3) is 3.64. The van der Waals surface area contributed by atoms with Crippen LogP contribution in [0.1, 0.15) is 6.42 Å². The first-order valence-electron chi connectivity index (χ1n) is 6.99. The molecule has 0 bridgehead atoms. The predicted octanol–water partition coefficient (Wildman–Crippen LogP) is 5.85. The van der Waals surface area contributed by atoms with Crippen LogP contribution in [-0.4, -0.2) is 20.1 Å². The molecule has 0 atom stereocenters. The zero-order chi connectivity index (χ0) is 14.7. The Bertz CT molecular complexity index is 399. The Morgan fingerprint density at radius 3 is 1.84 bits per heavy atom. The van der Waals surface area contributed by atoms with E-state index >= 15 is 0 Å². The normalized spacial score (nSPS) is 13.4. The van der Waals surface area contributed by atoms with E-state index in [1.165, 1.54) is 4.90 Å². The van der Waals surface area contributed by atoms with Crippen molar-refractivity contribution in [2.45, 2.75) is 54.6 Å². The molecule has 1 aromatic carbocycles. The van der Waals surface area contributed by atoms with Crippen molar-refractivity contribution in [1.29, 1.82) is 0 Å². The van der Waals surface area contributed by atoms with E-state index in [2.05, 4.69) is 94.0 Å². The van der Waals surface area contributed by atoms with E-state index in [-0.39, 0.29) is 0 Å². The van der Waals surface area contributed by atoms with Crippen LogP contribution >= 0.6 is 11.8 Å². The molecule has 0 heterocycles. The molecule has 0 aliphatic heterocycles. The van der Waals surface area contributed by atoms with Gasteiger partial charge in [-0.05, 0) is 18.6 Å². The number of benzene rings is 1. The molecule has 0 spiro atoms. The third-order valence-electron chi connectivity index (χ3n) is 3.89. The predicted molar refractivity (Wildman–Crippen MR) is 96.5 cm³/mol. The zero-order valence-corrected chi connectivity index (χ0v) is 16.1. The van der Waals surface area contributed by atoms with Crippen molar-refractivity contribution in [1.82, 2.24) is 0 Å². The number of hydrogen-bond donors (Lipinski definition) is 0. The van der Waals surface area contributed by atoms with Crippen molar-refractivity contribution in [3.8, 4) is 0 Å². The molecule has 0 saturated heterocycles. The van der Waals surface area contributed by atoms with Gasteiger partial charge in [0.2, 0.25) is 0 Å². The van der Waals surface area contributed by atoms with E-state index in [1.807, 2.05) is 0 Å². The van der Waals surface area contributed by atoms with Crippen LogP contribution in [0.15, 0.2) is 47.9 Å². The topological polar surface area (TPSA) is 0 Å². The van der Waals surface area contributed by atoms with Gasteiger partial charge >= 0.3 is 0 Å². The van der Waals surface area contributed by atoms with Crippen LogP contribution in [-0.2, 0) is 0 Å². The summed E-state index contributed by atoms with van der Waals surface area (Å²) in [5, 5.41) is 0. The molecule has 0 aromatic heterocycles. The van der Waals surface area contributed by atoms with Crippen LogP contribution in [0.2, 0.25) is 39.3 Å². The Morgan fingerprint density at radius 2 is 1.47 bits per heavy atom. The van der Waals surface area contributed by atoms with Crippen molar-refractivity contribution in [3.05, 3.63) is 43.0 Å². The smallest absolute Gasteiger partial charge is 0.0600 e. The molecule has 0 N–H and O–H groups in total. The van der Waals surface area contributed by atoms with Crippen LogP contribution in [0.5, 0.6) is 0 Å². The molecule has 0 amide bonds. The molecule has 1 aromatic rings. The molecule has 0 aliphatic carbocycles. The van der Waals surface area contributed by atoms with Crippen molar-refractivity contribution in [2.24, 2.45) is 0 Å². The molecule has 0 nitrogen and oxygen atoms in total. The van der Waals surface area contributed by atoms with Crippen molar-refractivity contribution < 1.29 is 0 Å². The molecule has 1 rings (SSSR count). The molecule has 0 unspecified atom stereocenters. The third-order valence-corrected chi connectivity index (χ3v) is 19.0. The lowest BCUT2D eigenvalue weighted by Gasteiger charge is -2.51. The first-order valence-corrected chi connectivity index (χ1v) is 14.8. The maximum absolute atomic E-state index is 4.05. The summed E-state index contributed by atoms with van der Waals surface area (Å²) in [6.07, 6.45) is 3.28. The average Bonchev–Trinajstić information content (AvgIpc) is 2.26. The quantitative estimate of drug-likeness (QED) is 0.361. The van der Waals surface area contributed by atoms with Crippen molar-refractivity contribution >= 4 is 27.9 Å². The summed E-state index contributed by atoms with van der Waals surface area (Å²) in [7, 11) is -2.65. The molecule has 3 heteroatoms. The number of allylic oxidation sites excluding steroid dienone is 1. The number of thioether (sulfide) groups is 1. The van der Waals surface area contributed by atoms with Gasteiger partial charge in [-0.1, -0.05) is 63.6 Å². The minimum atomic E-state index is -1.32. The van der Waals surface area contributed by atoms with Gasteiger partial charge in [-0.3, -0.25) is 0 Å². The van der Waals surface area contributed by atoms with E-state index in [9.17, 15) is 0 Å². The fourth-order valence-electron chi connectivity index (χ4n) is 2.98. The highest BCUT2D eigenvalue weighted by Crippen LogP contribution is 2.48. The van der Waals surface area contributed by atoms with Crippen molar-refractivity contribution in [2.75, 3.05) is 0 Å². The maximum atomic E-state index is 4.05. The van der Waals surface area contributed by atoms with E-state index < -0.39 is 16.1 Å². The minimum Gasteiger partial charge on any atom is -0.125 e. The highest BCUT2D eigenvalue weighted by Gasteiger charge is 2.52. The fourth-order valence-corrected chi connectivity index (χ4v) is 17.5. The lowest BCUT2D eigenvalue weighted by molar-refractivity contribution is 0.981. The summed E-state index contributed by atoms with van der Waals surface area (Å²) >= 11 is 2.13.